The van der Waals surface area contributed by atoms with E-state index in [1.165, 1.54) is 17.9 Å². The van der Waals surface area contributed by atoms with Crippen molar-refractivity contribution in [2.75, 3.05) is 11.9 Å². The van der Waals surface area contributed by atoms with Gasteiger partial charge in [0.05, 0.1) is 17.4 Å². The van der Waals surface area contributed by atoms with Crippen LogP contribution in [0.1, 0.15) is 18.1 Å². The molecule has 2 aromatic rings. The van der Waals surface area contributed by atoms with Crippen molar-refractivity contribution in [1.82, 2.24) is 5.32 Å². The average Bonchev–Trinajstić information content (AvgIpc) is 2.73. The fraction of sp³-hybridized carbons (Fsp3) is 0.211. The molecule has 1 aliphatic heterocycles. The van der Waals surface area contributed by atoms with Gasteiger partial charge in [-0.05, 0) is 25.1 Å². The monoisotopic (exact) mass is 354 g/mol. The third-order valence-electron chi connectivity index (χ3n) is 4.16. The maximum absolute atomic E-state index is 14.4. The molecule has 2 atom stereocenters. The Balaban J connectivity index is 2.18. The summed E-state index contributed by atoms with van der Waals surface area (Å²) in [6, 6.07) is 12.5. The van der Waals surface area contributed by atoms with E-state index in [-0.39, 0.29) is 5.56 Å². The molecular formula is C19H19FN4O2. The second-order valence-corrected chi connectivity index (χ2v) is 6.07. The number of nitrogens with two attached hydrogens (primary N) is 1. The van der Waals surface area contributed by atoms with Crippen molar-refractivity contribution in [3.8, 4) is 0 Å². The van der Waals surface area contributed by atoms with Crippen molar-refractivity contribution in [2.24, 2.45) is 10.7 Å². The van der Waals surface area contributed by atoms with Gasteiger partial charge in [-0.15, -0.1) is 0 Å². The van der Waals surface area contributed by atoms with E-state index in [4.69, 9.17) is 5.73 Å². The van der Waals surface area contributed by atoms with Crippen LogP contribution in [-0.2, 0) is 9.59 Å². The average molecular weight is 354 g/mol. The lowest BCUT2D eigenvalue weighted by Gasteiger charge is -2.21. The largest absolute Gasteiger partial charge is 0.325 e. The van der Waals surface area contributed by atoms with Crippen molar-refractivity contribution in [2.45, 2.75) is 19.1 Å². The maximum atomic E-state index is 14.4. The Hall–Kier alpha value is -3.06. The number of nitrogens with zero attached hydrogens (tertiary/aromatic N) is 2. The van der Waals surface area contributed by atoms with Gasteiger partial charge in [-0.25, -0.2) is 9.38 Å². The zero-order valence-corrected chi connectivity index (χ0v) is 14.4. The van der Waals surface area contributed by atoms with E-state index in [0.717, 1.165) is 0 Å². The highest BCUT2D eigenvalue weighted by molar-refractivity contribution is 6.20. The predicted molar refractivity (Wildman–Crippen MR) is 97.5 cm³/mol. The number of benzodiazepines with no additional fused rings is 1. The summed E-state index contributed by atoms with van der Waals surface area (Å²) in [5, 5.41) is 2.53. The van der Waals surface area contributed by atoms with Gasteiger partial charge >= 0.3 is 0 Å². The molecule has 26 heavy (non-hydrogen) atoms. The Kier molecular flexibility index (Phi) is 4.81. The lowest BCUT2D eigenvalue weighted by atomic mass is 10.00. The number of carbonyl (C=O) groups is 2. The van der Waals surface area contributed by atoms with Gasteiger partial charge in [0.25, 0.3) is 5.91 Å². The Labute approximate surface area is 150 Å². The first-order valence-corrected chi connectivity index (χ1v) is 8.15. The molecule has 0 aliphatic carbocycles. The zero-order valence-electron chi connectivity index (χ0n) is 14.4. The quantitative estimate of drug-likeness (QED) is 0.874. The first-order valence-electron chi connectivity index (χ1n) is 8.15. The van der Waals surface area contributed by atoms with Crippen LogP contribution in [0.5, 0.6) is 0 Å². The Morgan fingerprint density at radius 3 is 2.46 bits per heavy atom. The van der Waals surface area contributed by atoms with E-state index >= 15 is 0 Å². The number of aliphatic imine (C=N–C) groups is 1. The number of benzene rings is 2. The predicted octanol–water partition coefficient (Wildman–Crippen LogP) is 1.43. The van der Waals surface area contributed by atoms with Gasteiger partial charge in [0.2, 0.25) is 12.1 Å². The highest BCUT2D eigenvalue weighted by Crippen LogP contribution is 2.27. The number of amides is 2. The molecule has 134 valence electrons. The van der Waals surface area contributed by atoms with Gasteiger partial charge < -0.3 is 16.0 Å². The summed E-state index contributed by atoms with van der Waals surface area (Å²) in [5.41, 5.74) is 7.31. The summed E-state index contributed by atoms with van der Waals surface area (Å²) >= 11 is 0. The number of rotatable bonds is 3. The van der Waals surface area contributed by atoms with E-state index in [2.05, 4.69) is 10.3 Å². The topological polar surface area (TPSA) is 87.8 Å². The van der Waals surface area contributed by atoms with Gasteiger partial charge in [-0.1, -0.05) is 30.3 Å². The molecule has 6 nitrogen and oxygen atoms in total. The summed E-state index contributed by atoms with van der Waals surface area (Å²) in [7, 11) is 1.59. The molecule has 2 aromatic carbocycles. The highest BCUT2D eigenvalue weighted by atomic mass is 19.1. The molecular weight excluding hydrogens is 335 g/mol. The summed E-state index contributed by atoms with van der Waals surface area (Å²) < 4.78 is 14.4. The second-order valence-electron chi connectivity index (χ2n) is 6.07. The highest BCUT2D eigenvalue weighted by Gasteiger charge is 2.31. The minimum atomic E-state index is -1.19. The van der Waals surface area contributed by atoms with Crippen molar-refractivity contribution >= 4 is 23.2 Å². The first-order chi connectivity index (χ1) is 12.4. The van der Waals surface area contributed by atoms with Crippen LogP contribution in [0.3, 0.4) is 0 Å². The molecule has 1 unspecified atom stereocenters. The number of likely N-dealkylation sites (N-methyl/N-ethyl adjacent to an activating group) is 1. The Morgan fingerprint density at radius 1 is 1.19 bits per heavy atom. The molecule has 1 aliphatic rings. The van der Waals surface area contributed by atoms with Crippen LogP contribution in [-0.4, -0.2) is 36.8 Å². The standard InChI is InChI=1S/C19H19FN4O2/c1-11(21)18(25)23-17-19(26)24(2)15-10-6-4-8-13(15)16(22-17)12-7-3-5-9-14(12)20/h3-11,17H,21H2,1-2H3,(H,23,25)/t11-,17?/m0/s1. The van der Waals surface area contributed by atoms with Gasteiger partial charge in [0, 0.05) is 18.2 Å². The molecule has 0 spiro atoms. The van der Waals surface area contributed by atoms with Crippen molar-refractivity contribution in [1.29, 1.82) is 0 Å². The fourth-order valence-electron chi connectivity index (χ4n) is 2.75. The molecule has 0 fully saturated rings. The summed E-state index contributed by atoms with van der Waals surface area (Å²) in [6.07, 6.45) is -1.19. The SMILES string of the molecule is C[C@H](N)C(=O)NC1N=C(c2ccccc2F)c2ccccc2N(C)C1=O. The number of para-hydroxylation sites is 1. The fourth-order valence-corrected chi connectivity index (χ4v) is 2.75. The lowest BCUT2D eigenvalue weighted by Crippen LogP contribution is -2.50. The molecule has 0 saturated carbocycles. The van der Waals surface area contributed by atoms with Crippen LogP contribution < -0.4 is 16.0 Å². The van der Waals surface area contributed by atoms with Crippen LogP contribution in [0.15, 0.2) is 53.5 Å². The van der Waals surface area contributed by atoms with Crippen LogP contribution in [0, 0.1) is 5.82 Å². The Morgan fingerprint density at radius 2 is 1.81 bits per heavy atom. The molecule has 0 aromatic heterocycles. The minimum absolute atomic E-state index is 0.253. The summed E-state index contributed by atoms with van der Waals surface area (Å²) in [6.45, 7) is 1.51. The van der Waals surface area contributed by atoms with Gasteiger partial charge in [0.15, 0.2) is 0 Å². The van der Waals surface area contributed by atoms with E-state index in [1.54, 1.807) is 49.5 Å². The van der Waals surface area contributed by atoms with Crippen molar-refractivity contribution < 1.29 is 14.0 Å². The molecule has 0 bridgehead atoms. The zero-order chi connectivity index (χ0) is 18.8. The third kappa shape index (κ3) is 3.21. The minimum Gasteiger partial charge on any atom is -0.325 e. The molecule has 1 heterocycles. The lowest BCUT2D eigenvalue weighted by molar-refractivity contribution is -0.127. The molecule has 0 radical (unpaired) electrons. The third-order valence-corrected chi connectivity index (χ3v) is 4.16. The smallest absolute Gasteiger partial charge is 0.272 e. The van der Waals surface area contributed by atoms with Crippen LogP contribution in [0.2, 0.25) is 0 Å². The van der Waals surface area contributed by atoms with Crippen LogP contribution in [0.4, 0.5) is 10.1 Å². The summed E-state index contributed by atoms with van der Waals surface area (Å²) in [4.78, 5) is 30.6. The van der Waals surface area contributed by atoms with E-state index in [0.29, 0.717) is 17.0 Å². The number of fused-ring (bicyclic) bond motifs is 1. The van der Waals surface area contributed by atoms with Gasteiger partial charge in [-0.2, -0.15) is 0 Å². The number of hydrogen-bond donors (Lipinski definition) is 2. The number of nitrogens with one attached hydrogen (secondary N) is 1. The molecule has 7 heteroatoms. The molecule has 3 N–H and O–H groups in total. The first kappa shape index (κ1) is 17.8. The maximum Gasteiger partial charge on any atom is 0.272 e. The summed E-state index contributed by atoms with van der Waals surface area (Å²) in [5.74, 6) is -1.41. The molecule has 0 saturated heterocycles. The second kappa shape index (κ2) is 7.05. The van der Waals surface area contributed by atoms with E-state index in [1.807, 2.05) is 0 Å². The van der Waals surface area contributed by atoms with E-state index in [9.17, 15) is 14.0 Å². The Bertz CT molecular complexity index is 895. The van der Waals surface area contributed by atoms with Crippen molar-refractivity contribution in [3.63, 3.8) is 0 Å². The van der Waals surface area contributed by atoms with E-state index < -0.39 is 29.8 Å². The number of carbonyl (C=O) groups excluding carboxylic acids is 2. The molecule has 3 rings (SSSR count). The molecule has 2 amide bonds. The van der Waals surface area contributed by atoms with Gasteiger partial charge in [0.1, 0.15) is 5.82 Å². The normalized spacial score (nSPS) is 17.8. The van der Waals surface area contributed by atoms with Crippen LogP contribution in [0.25, 0.3) is 0 Å². The van der Waals surface area contributed by atoms with Gasteiger partial charge in [-0.3, -0.25) is 9.59 Å². The van der Waals surface area contributed by atoms with Crippen molar-refractivity contribution in [3.05, 3.63) is 65.5 Å². The number of halogens is 1. The van der Waals surface area contributed by atoms with Crippen LogP contribution >= 0.6 is 0 Å². The number of hydrogen-bond acceptors (Lipinski definition) is 4. The number of anilines is 1.